The predicted molar refractivity (Wildman–Crippen MR) is 71.9 cm³/mol. The van der Waals surface area contributed by atoms with Crippen molar-refractivity contribution in [3.8, 4) is 0 Å². The Balaban J connectivity index is 3.44. The van der Waals surface area contributed by atoms with Crippen LogP contribution in [0.15, 0.2) is 0 Å². The Bertz CT molecular complexity index is 137. The first-order chi connectivity index (χ1) is 7.72. The molecule has 0 saturated heterocycles. The zero-order chi connectivity index (χ0) is 12.2. The van der Waals surface area contributed by atoms with Crippen molar-refractivity contribution < 1.29 is 4.74 Å². The molecule has 0 aliphatic carbocycles. The third-order valence-electron chi connectivity index (χ3n) is 2.99. The van der Waals surface area contributed by atoms with Crippen molar-refractivity contribution in [3.63, 3.8) is 0 Å². The molecule has 0 aliphatic rings. The minimum Gasteiger partial charge on any atom is -0.380 e. The van der Waals surface area contributed by atoms with Crippen LogP contribution >= 0.6 is 0 Å². The monoisotopic (exact) mass is 229 g/mol. The van der Waals surface area contributed by atoms with Crippen LogP contribution in [0.1, 0.15) is 59.8 Å². The maximum absolute atomic E-state index is 5.49. The Morgan fingerprint density at radius 1 is 1.00 bits per heavy atom. The van der Waals surface area contributed by atoms with Gasteiger partial charge in [0.05, 0.1) is 6.61 Å². The summed E-state index contributed by atoms with van der Waals surface area (Å²) in [6.07, 6.45) is 6.75. The van der Waals surface area contributed by atoms with E-state index in [4.69, 9.17) is 4.74 Å². The fraction of sp³-hybridized carbons (Fsp3) is 1.00. The highest BCUT2D eigenvalue weighted by molar-refractivity contribution is 4.69. The summed E-state index contributed by atoms with van der Waals surface area (Å²) in [6.45, 7) is 11.6. The van der Waals surface area contributed by atoms with Crippen LogP contribution < -0.4 is 5.32 Å². The highest BCUT2D eigenvalue weighted by Crippen LogP contribution is 2.04. The molecule has 2 heteroatoms. The minimum absolute atomic E-state index is 0.520. The van der Waals surface area contributed by atoms with Crippen LogP contribution in [0.3, 0.4) is 0 Å². The Hall–Kier alpha value is -0.0800. The van der Waals surface area contributed by atoms with E-state index in [1.165, 1.54) is 32.1 Å². The first-order valence-corrected chi connectivity index (χ1v) is 7.03. The van der Waals surface area contributed by atoms with Crippen LogP contribution in [0, 0.1) is 5.92 Å². The summed E-state index contributed by atoms with van der Waals surface area (Å²) < 4.78 is 5.49. The molecule has 0 aromatic rings. The topological polar surface area (TPSA) is 21.3 Å². The Kier molecular flexibility index (Phi) is 11.3. The molecule has 0 bridgehead atoms. The zero-order valence-corrected chi connectivity index (χ0v) is 11.7. The molecule has 0 radical (unpaired) electrons. The highest BCUT2D eigenvalue weighted by Gasteiger charge is 2.11. The van der Waals surface area contributed by atoms with Crippen LogP contribution in [0.5, 0.6) is 0 Å². The highest BCUT2D eigenvalue weighted by atomic mass is 16.5. The van der Waals surface area contributed by atoms with Crippen molar-refractivity contribution in [1.82, 2.24) is 5.32 Å². The molecule has 0 rings (SSSR count). The van der Waals surface area contributed by atoms with Gasteiger partial charge in [-0.15, -0.1) is 0 Å². The zero-order valence-electron chi connectivity index (χ0n) is 11.7. The second-order valence-corrected chi connectivity index (χ2v) is 4.88. The molecule has 16 heavy (non-hydrogen) atoms. The van der Waals surface area contributed by atoms with Crippen molar-refractivity contribution in [2.75, 3.05) is 19.8 Å². The Morgan fingerprint density at radius 3 is 2.25 bits per heavy atom. The molecule has 1 N–H and O–H groups in total. The van der Waals surface area contributed by atoms with E-state index in [2.05, 4.69) is 33.0 Å². The van der Waals surface area contributed by atoms with Gasteiger partial charge in [0.2, 0.25) is 0 Å². The number of unbranched alkanes of at least 4 members (excludes halogenated alkanes) is 4. The molecule has 1 unspecified atom stereocenters. The molecule has 0 fully saturated rings. The van der Waals surface area contributed by atoms with Gasteiger partial charge in [0.25, 0.3) is 0 Å². The van der Waals surface area contributed by atoms with Crippen molar-refractivity contribution in [2.24, 2.45) is 5.92 Å². The SMILES string of the molecule is CCCCCCCNC(COCC)C(C)C. The standard InChI is InChI=1S/C14H31NO/c1-5-7-8-9-10-11-15-14(13(3)4)12-16-6-2/h13-15H,5-12H2,1-4H3. The van der Waals surface area contributed by atoms with Crippen molar-refractivity contribution >= 4 is 0 Å². The average molecular weight is 229 g/mol. The van der Waals surface area contributed by atoms with Gasteiger partial charge >= 0.3 is 0 Å². The molecule has 0 aliphatic heterocycles. The van der Waals surface area contributed by atoms with Gasteiger partial charge in [0, 0.05) is 12.6 Å². The first-order valence-electron chi connectivity index (χ1n) is 7.03. The van der Waals surface area contributed by atoms with Crippen molar-refractivity contribution in [3.05, 3.63) is 0 Å². The van der Waals surface area contributed by atoms with E-state index >= 15 is 0 Å². The molecule has 0 aromatic heterocycles. The van der Waals surface area contributed by atoms with Gasteiger partial charge in [0.1, 0.15) is 0 Å². The van der Waals surface area contributed by atoms with Gasteiger partial charge in [-0.25, -0.2) is 0 Å². The lowest BCUT2D eigenvalue weighted by molar-refractivity contribution is 0.108. The van der Waals surface area contributed by atoms with Crippen LogP contribution in [0.4, 0.5) is 0 Å². The summed E-state index contributed by atoms with van der Waals surface area (Å²) in [5.74, 6) is 0.655. The molecule has 2 nitrogen and oxygen atoms in total. The van der Waals surface area contributed by atoms with Gasteiger partial charge in [-0.05, 0) is 25.8 Å². The second kappa shape index (κ2) is 11.4. The third-order valence-corrected chi connectivity index (χ3v) is 2.99. The van der Waals surface area contributed by atoms with E-state index in [0.29, 0.717) is 12.0 Å². The number of nitrogens with one attached hydrogen (secondary N) is 1. The predicted octanol–water partition coefficient (Wildman–Crippen LogP) is 3.61. The number of hydrogen-bond donors (Lipinski definition) is 1. The smallest absolute Gasteiger partial charge is 0.0621 e. The summed E-state index contributed by atoms with van der Waals surface area (Å²) in [5, 5.41) is 3.61. The maximum atomic E-state index is 5.49. The van der Waals surface area contributed by atoms with Gasteiger partial charge < -0.3 is 10.1 Å². The van der Waals surface area contributed by atoms with Gasteiger partial charge in [0.15, 0.2) is 0 Å². The lowest BCUT2D eigenvalue weighted by Crippen LogP contribution is -2.38. The molecular formula is C14H31NO. The lowest BCUT2D eigenvalue weighted by Gasteiger charge is -2.22. The summed E-state index contributed by atoms with van der Waals surface area (Å²) in [6, 6.07) is 0.520. The summed E-state index contributed by atoms with van der Waals surface area (Å²) in [7, 11) is 0. The quantitative estimate of drug-likeness (QED) is 0.547. The Labute approximate surface area is 102 Å². The Morgan fingerprint density at radius 2 is 1.69 bits per heavy atom. The number of ether oxygens (including phenoxy) is 1. The maximum Gasteiger partial charge on any atom is 0.0621 e. The molecule has 0 spiro atoms. The summed E-state index contributed by atoms with van der Waals surface area (Å²) in [5.41, 5.74) is 0. The molecular weight excluding hydrogens is 198 g/mol. The molecule has 0 amide bonds. The van der Waals surface area contributed by atoms with Crippen LogP contribution in [-0.2, 0) is 4.74 Å². The first kappa shape index (κ1) is 15.9. The second-order valence-electron chi connectivity index (χ2n) is 4.88. The van der Waals surface area contributed by atoms with E-state index in [1.807, 2.05) is 0 Å². The fourth-order valence-corrected chi connectivity index (χ4v) is 1.75. The van der Waals surface area contributed by atoms with E-state index < -0.39 is 0 Å². The van der Waals surface area contributed by atoms with Gasteiger partial charge in [-0.3, -0.25) is 0 Å². The number of hydrogen-bond acceptors (Lipinski definition) is 2. The van der Waals surface area contributed by atoms with E-state index in [0.717, 1.165) is 19.8 Å². The molecule has 0 heterocycles. The fourth-order valence-electron chi connectivity index (χ4n) is 1.75. The van der Waals surface area contributed by atoms with Crippen LogP contribution in [-0.4, -0.2) is 25.8 Å². The van der Waals surface area contributed by atoms with E-state index in [9.17, 15) is 0 Å². The van der Waals surface area contributed by atoms with Gasteiger partial charge in [-0.2, -0.15) is 0 Å². The van der Waals surface area contributed by atoms with Crippen molar-refractivity contribution in [2.45, 2.75) is 65.8 Å². The number of rotatable bonds is 11. The molecule has 0 aromatic carbocycles. The summed E-state index contributed by atoms with van der Waals surface area (Å²) >= 11 is 0. The van der Waals surface area contributed by atoms with E-state index in [-0.39, 0.29) is 0 Å². The lowest BCUT2D eigenvalue weighted by atomic mass is 10.1. The van der Waals surface area contributed by atoms with E-state index in [1.54, 1.807) is 0 Å². The van der Waals surface area contributed by atoms with Crippen LogP contribution in [0.25, 0.3) is 0 Å². The third kappa shape index (κ3) is 9.17. The summed E-state index contributed by atoms with van der Waals surface area (Å²) in [4.78, 5) is 0. The normalized spacial score (nSPS) is 13.3. The van der Waals surface area contributed by atoms with Crippen molar-refractivity contribution in [1.29, 1.82) is 0 Å². The molecule has 0 saturated carbocycles. The van der Waals surface area contributed by atoms with Crippen LogP contribution in [0.2, 0.25) is 0 Å². The molecule has 1 atom stereocenters. The average Bonchev–Trinajstić information content (AvgIpc) is 2.26. The minimum atomic E-state index is 0.520. The van der Waals surface area contributed by atoms with Gasteiger partial charge in [-0.1, -0.05) is 46.5 Å². The largest absolute Gasteiger partial charge is 0.380 e. The molecule has 98 valence electrons.